The smallest absolute Gasteiger partial charge is 0.320 e. The first-order chi connectivity index (χ1) is 14.9. The van der Waals surface area contributed by atoms with Crippen LogP contribution < -0.4 is 10.6 Å². The normalized spacial score (nSPS) is 14.6. The molecule has 31 heavy (non-hydrogen) atoms. The number of nitrogens with one attached hydrogen (secondary N) is 2. The van der Waals surface area contributed by atoms with Crippen molar-refractivity contribution in [1.29, 1.82) is 0 Å². The third kappa shape index (κ3) is 20.9. The highest BCUT2D eigenvalue weighted by molar-refractivity contribution is 5.73. The lowest BCUT2D eigenvalue weighted by atomic mass is 10.0. The van der Waals surface area contributed by atoms with E-state index in [-0.39, 0.29) is 19.4 Å². The number of rotatable bonds is 23. The fourth-order valence-electron chi connectivity index (χ4n) is 3.62. The van der Waals surface area contributed by atoms with Gasteiger partial charge in [-0.25, -0.2) is 0 Å². The minimum Gasteiger partial charge on any atom is -0.480 e. The number of carboxylic acid groups (broad SMARTS) is 1. The summed E-state index contributed by atoms with van der Waals surface area (Å²) in [6.45, 7) is 2.04. The standard InChI is InChI=1S/C23H48N2O6/c1-2-3-4-5-6-7-8-9-10-11-12-13-14-15-21(27)25-19(23(30)31)16-17-20(26)24-18-22(28)29/h19-22,24-29H,2-18H2,1H3,(H,30,31). The summed E-state index contributed by atoms with van der Waals surface area (Å²) >= 11 is 0. The first-order valence-corrected chi connectivity index (χ1v) is 12.3. The Bertz CT molecular complexity index is 412. The van der Waals surface area contributed by atoms with Gasteiger partial charge in [0.05, 0.1) is 0 Å². The zero-order valence-corrected chi connectivity index (χ0v) is 19.5. The number of aliphatic carboxylic acids is 1. The second-order valence-corrected chi connectivity index (χ2v) is 8.59. The van der Waals surface area contributed by atoms with Gasteiger partial charge >= 0.3 is 5.97 Å². The van der Waals surface area contributed by atoms with Gasteiger partial charge in [0, 0.05) is 6.54 Å². The molecular formula is C23H48N2O6. The molecule has 0 rings (SSSR count). The van der Waals surface area contributed by atoms with E-state index in [1.54, 1.807) is 0 Å². The summed E-state index contributed by atoms with van der Waals surface area (Å²) in [7, 11) is 0. The molecule has 8 heteroatoms. The Morgan fingerprint density at radius 2 is 1.16 bits per heavy atom. The van der Waals surface area contributed by atoms with Crippen LogP contribution in [0.4, 0.5) is 0 Å². The van der Waals surface area contributed by atoms with Gasteiger partial charge in [0.15, 0.2) is 6.29 Å². The molecule has 0 spiro atoms. The molecule has 0 bridgehead atoms. The minimum atomic E-state index is -1.58. The van der Waals surface area contributed by atoms with Gasteiger partial charge in [0.2, 0.25) is 0 Å². The van der Waals surface area contributed by atoms with Crippen LogP contribution in [0.1, 0.15) is 110 Å². The van der Waals surface area contributed by atoms with Crippen LogP contribution in [0, 0.1) is 0 Å². The highest BCUT2D eigenvalue weighted by Crippen LogP contribution is 2.13. The molecule has 0 radical (unpaired) electrons. The molecule has 0 aliphatic rings. The van der Waals surface area contributed by atoms with E-state index < -0.39 is 30.8 Å². The van der Waals surface area contributed by atoms with Crippen molar-refractivity contribution in [3.05, 3.63) is 0 Å². The predicted molar refractivity (Wildman–Crippen MR) is 122 cm³/mol. The number of aliphatic hydroxyl groups is 4. The fourth-order valence-corrected chi connectivity index (χ4v) is 3.62. The number of carbonyl (C=O) groups is 1. The number of carboxylic acids is 1. The van der Waals surface area contributed by atoms with Gasteiger partial charge in [-0.15, -0.1) is 0 Å². The van der Waals surface area contributed by atoms with Crippen LogP contribution >= 0.6 is 0 Å². The highest BCUT2D eigenvalue weighted by atomic mass is 16.5. The number of aliphatic hydroxyl groups excluding tert-OH is 3. The molecule has 0 aliphatic heterocycles. The zero-order chi connectivity index (χ0) is 23.3. The van der Waals surface area contributed by atoms with E-state index in [4.69, 9.17) is 10.2 Å². The summed E-state index contributed by atoms with van der Waals surface area (Å²) in [6, 6.07) is -0.965. The van der Waals surface area contributed by atoms with Crippen LogP contribution in [0.5, 0.6) is 0 Å². The van der Waals surface area contributed by atoms with Crippen molar-refractivity contribution in [2.45, 2.75) is 134 Å². The van der Waals surface area contributed by atoms with E-state index in [1.165, 1.54) is 64.2 Å². The summed E-state index contributed by atoms with van der Waals surface area (Å²) in [5.74, 6) is -1.08. The summed E-state index contributed by atoms with van der Waals surface area (Å²) in [4.78, 5) is 11.3. The van der Waals surface area contributed by atoms with Crippen molar-refractivity contribution in [3.63, 3.8) is 0 Å². The minimum absolute atomic E-state index is 0.112. The highest BCUT2D eigenvalue weighted by Gasteiger charge is 2.21. The van der Waals surface area contributed by atoms with Crippen molar-refractivity contribution in [2.75, 3.05) is 6.54 Å². The van der Waals surface area contributed by atoms with E-state index in [0.717, 1.165) is 19.3 Å². The Labute approximate surface area is 188 Å². The summed E-state index contributed by atoms with van der Waals surface area (Å²) in [5.41, 5.74) is 0. The van der Waals surface area contributed by atoms with Gasteiger partial charge in [-0.3, -0.25) is 15.4 Å². The van der Waals surface area contributed by atoms with Gasteiger partial charge in [-0.05, 0) is 25.7 Å². The Morgan fingerprint density at radius 1 is 0.677 bits per heavy atom. The van der Waals surface area contributed by atoms with Crippen LogP contribution in [-0.2, 0) is 4.79 Å². The van der Waals surface area contributed by atoms with E-state index in [1.807, 2.05) is 0 Å². The topological polar surface area (TPSA) is 142 Å². The zero-order valence-electron chi connectivity index (χ0n) is 19.5. The SMILES string of the molecule is CCCCCCCCCCCCCCCC(O)NC(CCC(O)NCC(O)O)C(=O)O. The van der Waals surface area contributed by atoms with E-state index in [9.17, 15) is 20.1 Å². The van der Waals surface area contributed by atoms with Gasteiger partial charge < -0.3 is 25.5 Å². The molecule has 0 amide bonds. The molecule has 3 unspecified atom stereocenters. The van der Waals surface area contributed by atoms with Crippen molar-refractivity contribution in [2.24, 2.45) is 0 Å². The molecule has 0 saturated carbocycles. The second kappa shape index (κ2) is 21.1. The second-order valence-electron chi connectivity index (χ2n) is 8.59. The maximum atomic E-state index is 11.3. The molecule has 0 heterocycles. The van der Waals surface area contributed by atoms with Crippen molar-refractivity contribution in [1.82, 2.24) is 10.6 Å². The quantitative estimate of drug-likeness (QED) is 0.0934. The Kier molecular flexibility index (Phi) is 20.6. The molecule has 0 aromatic heterocycles. The summed E-state index contributed by atoms with van der Waals surface area (Å²) in [5, 5.41) is 51.7. The van der Waals surface area contributed by atoms with Crippen LogP contribution in [0.3, 0.4) is 0 Å². The van der Waals surface area contributed by atoms with Crippen LogP contribution in [-0.4, -0.2) is 62.8 Å². The van der Waals surface area contributed by atoms with Gasteiger partial charge in [0.25, 0.3) is 0 Å². The molecular weight excluding hydrogens is 400 g/mol. The summed E-state index contributed by atoms with van der Waals surface area (Å²) < 4.78 is 0. The lowest BCUT2D eigenvalue weighted by Crippen LogP contribution is -2.44. The lowest BCUT2D eigenvalue weighted by Gasteiger charge is -2.21. The van der Waals surface area contributed by atoms with Crippen LogP contribution in [0.15, 0.2) is 0 Å². The maximum absolute atomic E-state index is 11.3. The Balaban J connectivity index is 3.67. The van der Waals surface area contributed by atoms with Crippen molar-refractivity contribution >= 4 is 5.97 Å². The fraction of sp³-hybridized carbons (Fsp3) is 0.957. The predicted octanol–water partition coefficient (Wildman–Crippen LogP) is 2.83. The molecule has 186 valence electrons. The van der Waals surface area contributed by atoms with Gasteiger partial charge in [0.1, 0.15) is 18.5 Å². The van der Waals surface area contributed by atoms with Crippen LogP contribution in [0.25, 0.3) is 0 Å². The molecule has 0 fully saturated rings. The van der Waals surface area contributed by atoms with Gasteiger partial charge in [-0.1, -0.05) is 84.0 Å². The average molecular weight is 449 g/mol. The lowest BCUT2D eigenvalue weighted by molar-refractivity contribution is -0.141. The summed E-state index contributed by atoms with van der Waals surface area (Å²) in [6.07, 6.45) is 13.5. The van der Waals surface area contributed by atoms with Gasteiger partial charge in [-0.2, -0.15) is 0 Å². The third-order valence-electron chi connectivity index (χ3n) is 5.54. The number of hydrogen-bond acceptors (Lipinski definition) is 7. The molecule has 0 saturated heterocycles. The molecule has 7 N–H and O–H groups in total. The third-order valence-corrected chi connectivity index (χ3v) is 5.54. The van der Waals surface area contributed by atoms with Crippen molar-refractivity contribution in [3.8, 4) is 0 Å². The van der Waals surface area contributed by atoms with Crippen molar-refractivity contribution < 1.29 is 30.3 Å². The molecule has 3 atom stereocenters. The average Bonchev–Trinajstić information content (AvgIpc) is 2.72. The number of hydrogen-bond donors (Lipinski definition) is 7. The Morgan fingerprint density at radius 3 is 1.61 bits per heavy atom. The number of unbranched alkanes of at least 4 members (excludes halogenated alkanes) is 12. The first-order valence-electron chi connectivity index (χ1n) is 12.3. The van der Waals surface area contributed by atoms with Crippen LogP contribution in [0.2, 0.25) is 0 Å². The molecule has 0 aliphatic carbocycles. The van der Waals surface area contributed by atoms with E-state index >= 15 is 0 Å². The molecule has 0 aromatic carbocycles. The molecule has 8 nitrogen and oxygen atoms in total. The van der Waals surface area contributed by atoms with E-state index in [0.29, 0.717) is 6.42 Å². The molecule has 0 aromatic rings. The maximum Gasteiger partial charge on any atom is 0.320 e. The largest absolute Gasteiger partial charge is 0.480 e. The Hall–Kier alpha value is -0.770. The monoisotopic (exact) mass is 448 g/mol. The first kappa shape index (κ1) is 30.2. The van der Waals surface area contributed by atoms with E-state index in [2.05, 4.69) is 17.6 Å².